The predicted octanol–water partition coefficient (Wildman–Crippen LogP) is 1.76. The van der Waals surface area contributed by atoms with Crippen molar-refractivity contribution in [1.82, 2.24) is 4.72 Å². The first kappa shape index (κ1) is 18.1. The minimum Gasteiger partial charge on any atom is -0.460 e. The molecule has 2 N–H and O–H groups in total. The number of nitrogens with one attached hydrogen (secondary N) is 2. The van der Waals surface area contributed by atoms with Gasteiger partial charge in [-0.3, -0.25) is 9.59 Å². The summed E-state index contributed by atoms with van der Waals surface area (Å²) in [7, 11) is -3.89. The maximum Gasteiger partial charge on any atom is 0.321 e. The molecular weight excluding hydrogens is 356 g/mol. The van der Waals surface area contributed by atoms with Crippen molar-refractivity contribution in [1.29, 1.82) is 0 Å². The van der Waals surface area contributed by atoms with Crippen LogP contribution in [0.2, 0.25) is 0 Å². The molecule has 0 spiro atoms. The van der Waals surface area contributed by atoms with Crippen LogP contribution in [0.3, 0.4) is 0 Å². The van der Waals surface area contributed by atoms with Gasteiger partial charge in [0.2, 0.25) is 15.9 Å². The number of carbonyl (C=O) groups excluding carboxylic acids is 2. The number of rotatable bonds is 6. The quantitative estimate of drug-likeness (QED) is 0.751. The molecule has 0 fully saturated rings. The Bertz CT molecular complexity index is 941. The molecule has 0 saturated carbocycles. The molecular formula is C18H18N2O5S. The second-order valence-electron chi connectivity index (χ2n) is 5.93. The van der Waals surface area contributed by atoms with Gasteiger partial charge < -0.3 is 10.1 Å². The van der Waals surface area contributed by atoms with Crippen LogP contribution in [0.25, 0.3) is 0 Å². The average molecular weight is 374 g/mol. The first-order valence-electron chi connectivity index (χ1n) is 8.01. The normalized spacial score (nSPS) is 16.0. The Morgan fingerprint density at radius 1 is 1.19 bits per heavy atom. The molecule has 3 rings (SSSR count). The van der Waals surface area contributed by atoms with Gasteiger partial charge >= 0.3 is 5.97 Å². The summed E-state index contributed by atoms with van der Waals surface area (Å²) < 4.78 is 32.0. The van der Waals surface area contributed by atoms with Gasteiger partial charge in [-0.1, -0.05) is 30.3 Å². The van der Waals surface area contributed by atoms with Crippen LogP contribution in [0.1, 0.15) is 24.0 Å². The van der Waals surface area contributed by atoms with E-state index in [0.717, 1.165) is 5.56 Å². The lowest BCUT2D eigenvalue weighted by Gasteiger charge is -2.09. The number of hydrogen-bond donors (Lipinski definition) is 2. The monoisotopic (exact) mass is 374 g/mol. The van der Waals surface area contributed by atoms with Gasteiger partial charge in [-0.2, -0.15) is 4.72 Å². The fourth-order valence-corrected chi connectivity index (χ4v) is 3.59. The molecule has 1 heterocycles. The van der Waals surface area contributed by atoms with E-state index in [9.17, 15) is 18.0 Å². The van der Waals surface area contributed by atoms with Crippen molar-refractivity contribution >= 4 is 27.6 Å². The lowest BCUT2D eigenvalue weighted by atomic mass is 10.0. The molecule has 0 aliphatic carbocycles. The lowest BCUT2D eigenvalue weighted by Crippen LogP contribution is -2.30. The van der Waals surface area contributed by atoms with Crippen LogP contribution in [0, 0.1) is 0 Å². The molecule has 1 aliphatic heterocycles. The SMILES string of the molecule is C[C@H]1C(=O)Nc2ccc(S(=O)(=O)NCC(=O)OCc3ccccc3)cc21. The van der Waals surface area contributed by atoms with Crippen LogP contribution in [-0.2, 0) is 31.0 Å². The topological polar surface area (TPSA) is 102 Å². The van der Waals surface area contributed by atoms with Gasteiger partial charge in [-0.05, 0) is 36.2 Å². The number of esters is 1. The third-order valence-corrected chi connectivity index (χ3v) is 5.50. The fourth-order valence-electron chi connectivity index (χ4n) is 2.59. The van der Waals surface area contributed by atoms with Gasteiger partial charge in [0.1, 0.15) is 13.2 Å². The first-order valence-corrected chi connectivity index (χ1v) is 9.49. The number of fused-ring (bicyclic) bond motifs is 1. The zero-order chi connectivity index (χ0) is 18.7. The third-order valence-electron chi connectivity index (χ3n) is 4.10. The minimum absolute atomic E-state index is 0.00420. The van der Waals surface area contributed by atoms with E-state index in [-0.39, 0.29) is 17.4 Å². The van der Waals surface area contributed by atoms with E-state index in [1.165, 1.54) is 12.1 Å². The van der Waals surface area contributed by atoms with Crippen LogP contribution < -0.4 is 10.0 Å². The number of benzene rings is 2. The Morgan fingerprint density at radius 2 is 1.92 bits per heavy atom. The highest BCUT2D eigenvalue weighted by Gasteiger charge is 2.28. The van der Waals surface area contributed by atoms with E-state index in [1.807, 2.05) is 18.2 Å². The smallest absolute Gasteiger partial charge is 0.321 e. The second kappa shape index (κ2) is 7.27. The molecule has 7 nitrogen and oxygen atoms in total. The standard InChI is InChI=1S/C18H18N2O5S/c1-12-15-9-14(7-8-16(15)20-18(12)22)26(23,24)19-10-17(21)25-11-13-5-3-2-4-6-13/h2-9,12,19H,10-11H2,1H3,(H,20,22)/t12-/m1/s1. The van der Waals surface area contributed by atoms with Crippen molar-refractivity contribution in [2.45, 2.75) is 24.3 Å². The number of hydrogen-bond acceptors (Lipinski definition) is 5. The third kappa shape index (κ3) is 3.92. The van der Waals surface area contributed by atoms with E-state index < -0.39 is 28.5 Å². The molecule has 136 valence electrons. The maximum atomic E-state index is 12.4. The summed E-state index contributed by atoms with van der Waals surface area (Å²) in [5.41, 5.74) is 2.03. The van der Waals surface area contributed by atoms with Crippen molar-refractivity contribution in [2.24, 2.45) is 0 Å². The van der Waals surface area contributed by atoms with Gasteiger partial charge in [0.05, 0.1) is 10.8 Å². The molecule has 1 atom stereocenters. The number of sulfonamides is 1. The van der Waals surface area contributed by atoms with Crippen LogP contribution in [0.15, 0.2) is 53.4 Å². The van der Waals surface area contributed by atoms with Crippen molar-refractivity contribution in [3.05, 3.63) is 59.7 Å². The van der Waals surface area contributed by atoms with Gasteiger partial charge in [0.25, 0.3) is 0 Å². The van der Waals surface area contributed by atoms with Crippen molar-refractivity contribution < 1.29 is 22.7 Å². The Balaban J connectivity index is 1.61. The van der Waals surface area contributed by atoms with Gasteiger partial charge in [0.15, 0.2) is 0 Å². The van der Waals surface area contributed by atoms with Crippen molar-refractivity contribution in [3.63, 3.8) is 0 Å². The second-order valence-corrected chi connectivity index (χ2v) is 7.70. The zero-order valence-corrected chi connectivity index (χ0v) is 14.9. The molecule has 26 heavy (non-hydrogen) atoms. The highest BCUT2D eigenvalue weighted by molar-refractivity contribution is 7.89. The largest absolute Gasteiger partial charge is 0.460 e. The fraction of sp³-hybridized carbons (Fsp3) is 0.222. The summed E-state index contributed by atoms with van der Waals surface area (Å²) in [5, 5.41) is 2.68. The van der Waals surface area contributed by atoms with Crippen LogP contribution in [-0.4, -0.2) is 26.8 Å². The molecule has 0 aromatic heterocycles. The number of amides is 1. The molecule has 2 aromatic rings. The van der Waals surface area contributed by atoms with E-state index in [2.05, 4.69) is 10.0 Å². The molecule has 1 amide bonds. The predicted molar refractivity (Wildman–Crippen MR) is 94.9 cm³/mol. The lowest BCUT2D eigenvalue weighted by molar-refractivity contribution is -0.143. The highest BCUT2D eigenvalue weighted by atomic mass is 32.2. The molecule has 0 saturated heterocycles. The summed E-state index contributed by atoms with van der Waals surface area (Å²) in [6.07, 6.45) is 0. The summed E-state index contributed by atoms with van der Waals surface area (Å²) in [5.74, 6) is -1.27. The molecule has 0 bridgehead atoms. The van der Waals surface area contributed by atoms with Gasteiger partial charge in [0, 0.05) is 5.69 Å². The zero-order valence-electron chi connectivity index (χ0n) is 14.1. The number of ether oxygens (including phenoxy) is 1. The number of anilines is 1. The van der Waals surface area contributed by atoms with E-state index in [1.54, 1.807) is 25.1 Å². The number of carbonyl (C=O) groups is 2. The molecule has 1 aliphatic rings. The van der Waals surface area contributed by atoms with Gasteiger partial charge in [-0.25, -0.2) is 8.42 Å². The maximum absolute atomic E-state index is 12.4. The Hall–Kier alpha value is -2.71. The van der Waals surface area contributed by atoms with Gasteiger partial charge in [-0.15, -0.1) is 0 Å². The van der Waals surface area contributed by atoms with Crippen LogP contribution in [0.4, 0.5) is 5.69 Å². The Labute approximate surface area is 151 Å². The molecule has 0 unspecified atom stereocenters. The average Bonchev–Trinajstić information content (AvgIpc) is 2.93. The minimum atomic E-state index is -3.89. The van der Waals surface area contributed by atoms with E-state index in [0.29, 0.717) is 11.3 Å². The van der Waals surface area contributed by atoms with Crippen LogP contribution in [0.5, 0.6) is 0 Å². The van der Waals surface area contributed by atoms with Crippen LogP contribution >= 0.6 is 0 Å². The Kier molecular flexibility index (Phi) is 5.06. The van der Waals surface area contributed by atoms with E-state index in [4.69, 9.17) is 4.74 Å². The first-order chi connectivity index (χ1) is 12.4. The summed E-state index contributed by atoms with van der Waals surface area (Å²) in [4.78, 5) is 23.4. The summed E-state index contributed by atoms with van der Waals surface area (Å²) in [6, 6.07) is 13.5. The Morgan fingerprint density at radius 3 is 2.65 bits per heavy atom. The summed E-state index contributed by atoms with van der Waals surface area (Å²) in [6.45, 7) is 1.30. The van der Waals surface area contributed by atoms with Crippen molar-refractivity contribution in [2.75, 3.05) is 11.9 Å². The van der Waals surface area contributed by atoms with E-state index >= 15 is 0 Å². The molecule has 0 radical (unpaired) electrons. The summed E-state index contributed by atoms with van der Waals surface area (Å²) >= 11 is 0. The molecule has 2 aromatic carbocycles. The van der Waals surface area contributed by atoms with Crippen molar-refractivity contribution in [3.8, 4) is 0 Å². The molecule has 8 heteroatoms. The highest BCUT2D eigenvalue weighted by Crippen LogP contribution is 2.33.